The summed E-state index contributed by atoms with van der Waals surface area (Å²) in [6.07, 6.45) is 0.780. The number of hydrogen-bond donors (Lipinski definition) is 1. The molecule has 1 aliphatic rings. The van der Waals surface area contributed by atoms with Gasteiger partial charge in [0.25, 0.3) is 0 Å². The van der Waals surface area contributed by atoms with Crippen LogP contribution in [-0.2, 0) is 10.4 Å². The number of anilines is 1. The van der Waals surface area contributed by atoms with Crippen molar-refractivity contribution < 1.29 is 9.13 Å². The Bertz CT molecular complexity index is 345. The molecule has 0 aromatic heterocycles. The van der Waals surface area contributed by atoms with Crippen LogP contribution in [0.4, 0.5) is 10.1 Å². The largest absolute Gasteiger partial charge is 0.399 e. The van der Waals surface area contributed by atoms with E-state index in [1.807, 2.05) is 0 Å². The molecule has 1 saturated heterocycles. The van der Waals surface area contributed by atoms with Crippen molar-refractivity contribution in [3.63, 3.8) is 0 Å². The second-order valence-corrected chi connectivity index (χ2v) is 4.26. The summed E-state index contributed by atoms with van der Waals surface area (Å²) in [7, 11) is 0. The number of rotatable bonds is 2. The van der Waals surface area contributed by atoms with Crippen molar-refractivity contribution in [2.45, 2.75) is 19.0 Å². The Hall–Kier alpha value is -1.09. The molecule has 0 saturated carbocycles. The van der Waals surface area contributed by atoms with Crippen molar-refractivity contribution in [2.75, 3.05) is 18.9 Å². The molecule has 2 N–H and O–H groups in total. The average Bonchev–Trinajstić information content (AvgIpc) is 2.71. The molecule has 1 aliphatic heterocycles. The summed E-state index contributed by atoms with van der Waals surface area (Å²) in [6.45, 7) is 2.77. The van der Waals surface area contributed by atoms with Crippen molar-refractivity contribution in [1.29, 1.82) is 0 Å². The highest BCUT2D eigenvalue weighted by Crippen LogP contribution is 2.38. The predicted molar refractivity (Wildman–Crippen MR) is 58.2 cm³/mol. The SMILES string of the molecule is CC(F)(c1cccc(N)c1)C1CCOC1. The quantitative estimate of drug-likeness (QED) is 0.759. The first-order chi connectivity index (χ1) is 7.10. The van der Waals surface area contributed by atoms with Gasteiger partial charge >= 0.3 is 0 Å². The average molecular weight is 209 g/mol. The predicted octanol–water partition coefficient (Wildman–Crippen LogP) is 2.49. The summed E-state index contributed by atoms with van der Waals surface area (Å²) in [5.74, 6) is -0.0562. The van der Waals surface area contributed by atoms with Gasteiger partial charge in [0.1, 0.15) is 5.67 Å². The Morgan fingerprint density at radius 1 is 1.53 bits per heavy atom. The van der Waals surface area contributed by atoms with Gasteiger partial charge in [0.05, 0.1) is 6.61 Å². The maximum atomic E-state index is 14.6. The summed E-state index contributed by atoms with van der Waals surface area (Å²) >= 11 is 0. The first-order valence-corrected chi connectivity index (χ1v) is 5.23. The second-order valence-electron chi connectivity index (χ2n) is 4.26. The summed E-state index contributed by atoms with van der Waals surface area (Å²) in [5, 5.41) is 0. The third kappa shape index (κ3) is 1.97. The number of nitrogen functional groups attached to an aromatic ring is 1. The molecule has 15 heavy (non-hydrogen) atoms. The molecule has 0 aliphatic carbocycles. The number of nitrogens with two attached hydrogens (primary N) is 1. The Labute approximate surface area is 89.2 Å². The van der Waals surface area contributed by atoms with E-state index in [2.05, 4.69) is 0 Å². The third-order valence-electron chi connectivity index (χ3n) is 3.15. The van der Waals surface area contributed by atoms with Gasteiger partial charge in [-0.2, -0.15) is 0 Å². The van der Waals surface area contributed by atoms with Gasteiger partial charge < -0.3 is 10.5 Å². The molecule has 0 bridgehead atoms. The van der Waals surface area contributed by atoms with Crippen molar-refractivity contribution in [3.8, 4) is 0 Å². The van der Waals surface area contributed by atoms with Gasteiger partial charge in [0.2, 0.25) is 0 Å². The number of hydrogen-bond acceptors (Lipinski definition) is 2. The van der Waals surface area contributed by atoms with Crippen LogP contribution in [0.2, 0.25) is 0 Å². The lowest BCUT2D eigenvalue weighted by Gasteiger charge is -2.26. The lowest BCUT2D eigenvalue weighted by atomic mass is 9.84. The minimum absolute atomic E-state index is 0.0562. The molecule has 1 aromatic rings. The topological polar surface area (TPSA) is 35.2 Å². The Kier molecular flexibility index (Phi) is 2.65. The minimum Gasteiger partial charge on any atom is -0.399 e. The maximum absolute atomic E-state index is 14.6. The van der Waals surface area contributed by atoms with Gasteiger partial charge in [-0.05, 0) is 31.0 Å². The van der Waals surface area contributed by atoms with Crippen LogP contribution in [-0.4, -0.2) is 13.2 Å². The minimum atomic E-state index is -1.34. The van der Waals surface area contributed by atoms with E-state index in [0.29, 0.717) is 24.5 Å². The van der Waals surface area contributed by atoms with Crippen molar-refractivity contribution in [1.82, 2.24) is 0 Å². The monoisotopic (exact) mass is 209 g/mol. The van der Waals surface area contributed by atoms with E-state index < -0.39 is 5.67 Å². The van der Waals surface area contributed by atoms with Gasteiger partial charge in [0.15, 0.2) is 0 Å². The van der Waals surface area contributed by atoms with Gasteiger partial charge in [-0.15, -0.1) is 0 Å². The van der Waals surface area contributed by atoms with Gasteiger partial charge in [-0.3, -0.25) is 0 Å². The first kappa shape index (κ1) is 10.4. The summed E-state index contributed by atoms with van der Waals surface area (Å²) in [4.78, 5) is 0. The lowest BCUT2D eigenvalue weighted by molar-refractivity contribution is 0.0825. The van der Waals surface area contributed by atoms with Crippen molar-refractivity contribution in [3.05, 3.63) is 29.8 Å². The molecular formula is C12H16FNO. The Morgan fingerprint density at radius 3 is 2.93 bits per heavy atom. The van der Waals surface area contributed by atoms with Crippen LogP contribution < -0.4 is 5.73 Å². The number of benzene rings is 1. The van der Waals surface area contributed by atoms with E-state index in [9.17, 15) is 4.39 Å². The van der Waals surface area contributed by atoms with Crippen LogP contribution in [0.25, 0.3) is 0 Å². The number of ether oxygens (including phenoxy) is 1. The molecule has 0 spiro atoms. The highest BCUT2D eigenvalue weighted by atomic mass is 19.1. The molecule has 0 radical (unpaired) electrons. The zero-order valence-electron chi connectivity index (χ0n) is 8.87. The summed E-state index contributed by atoms with van der Waals surface area (Å²) in [5.41, 5.74) is 5.57. The third-order valence-corrected chi connectivity index (χ3v) is 3.15. The zero-order valence-corrected chi connectivity index (χ0v) is 8.87. The molecular weight excluding hydrogens is 193 g/mol. The molecule has 2 nitrogen and oxygen atoms in total. The zero-order chi connectivity index (χ0) is 10.9. The molecule has 2 atom stereocenters. The smallest absolute Gasteiger partial charge is 0.138 e. The molecule has 1 heterocycles. The van der Waals surface area contributed by atoms with Crippen LogP contribution in [0.15, 0.2) is 24.3 Å². The van der Waals surface area contributed by atoms with Crippen molar-refractivity contribution in [2.24, 2.45) is 5.92 Å². The normalized spacial score (nSPS) is 25.1. The van der Waals surface area contributed by atoms with Crippen molar-refractivity contribution >= 4 is 5.69 Å². The lowest BCUT2D eigenvalue weighted by Crippen LogP contribution is -2.27. The fraction of sp³-hybridized carbons (Fsp3) is 0.500. The van der Waals surface area contributed by atoms with Crippen LogP contribution in [0, 0.1) is 5.92 Å². The van der Waals surface area contributed by atoms with E-state index in [-0.39, 0.29) is 5.92 Å². The highest BCUT2D eigenvalue weighted by molar-refractivity contribution is 5.42. The van der Waals surface area contributed by atoms with E-state index >= 15 is 0 Å². The molecule has 1 aromatic carbocycles. The molecule has 2 rings (SSSR count). The summed E-state index contributed by atoms with van der Waals surface area (Å²) < 4.78 is 19.8. The standard InChI is InChI=1S/C12H16FNO/c1-12(13,10-5-6-15-8-10)9-3-2-4-11(14)7-9/h2-4,7,10H,5-6,8,14H2,1H3. The highest BCUT2D eigenvalue weighted by Gasteiger charge is 2.38. The van der Waals surface area contributed by atoms with E-state index in [0.717, 1.165) is 6.42 Å². The molecule has 3 heteroatoms. The van der Waals surface area contributed by atoms with Crippen LogP contribution >= 0.6 is 0 Å². The Balaban J connectivity index is 2.27. The van der Waals surface area contributed by atoms with Crippen LogP contribution in [0.3, 0.4) is 0 Å². The van der Waals surface area contributed by atoms with E-state index in [4.69, 9.17) is 10.5 Å². The van der Waals surface area contributed by atoms with E-state index in [1.165, 1.54) is 0 Å². The van der Waals surface area contributed by atoms with E-state index in [1.54, 1.807) is 31.2 Å². The van der Waals surface area contributed by atoms with Gasteiger partial charge in [-0.25, -0.2) is 4.39 Å². The van der Waals surface area contributed by atoms with Crippen LogP contribution in [0.1, 0.15) is 18.9 Å². The second kappa shape index (κ2) is 3.81. The summed E-state index contributed by atoms with van der Waals surface area (Å²) in [6, 6.07) is 7.05. The fourth-order valence-electron chi connectivity index (χ4n) is 2.04. The first-order valence-electron chi connectivity index (χ1n) is 5.23. The van der Waals surface area contributed by atoms with Crippen LogP contribution in [0.5, 0.6) is 0 Å². The van der Waals surface area contributed by atoms with Gasteiger partial charge in [-0.1, -0.05) is 12.1 Å². The molecule has 0 amide bonds. The maximum Gasteiger partial charge on any atom is 0.138 e. The molecule has 82 valence electrons. The number of halogens is 1. The molecule has 2 unspecified atom stereocenters. The Morgan fingerprint density at radius 2 is 2.33 bits per heavy atom. The van der Waals surface area contributed by atoms with Gasteiger partial charge in [0, 0.05) is 18.2 Å². The fourth-order valence-corrected chi connectivity index (χ4v) is 2.04. The molecule has 1 fully saturated rings. The number of alkyl halides is 1.